The first-order valence-corrected chi connectivity index (χ1v) is 16.9. The van der Waals surface area contributed by atoms with E-state index in [0.29, 0.717) is 11.4 Å². The van der Waals surface area contributed by atoms with Crippen molar-refractivity contribution >= 4 is 60.8 Å². The lowest BCUT2D eigenvalue weighted by molar-refractivity contribution is 0.669. The van der Waals surface area contributed by atoms with Crippen LogP contribution in [0.15, 0.2) is 198 Å². The standard InChI is InChI=1S/C48H32N2O/c1-3-12-33(13-4-1)35-22-26-37(27-23-35)49(38-28-24-36(25-29-38)34-14-5-2-6-15-34)39-30-31-42-47(32-39)51-46-21-11-20-45(48(42)46)50-43-18-9-7-16-40(43)41-17-8-10-19-44(41)50/h1-32H/i11D,20D,21D,30D,31D,32D. The number of hydrogen-bond donors (Lipinski definition) is 0. The third-order valence-corrected chi connectivity index (χ3v) is 9.53. The van der Waals surface area contributed by atoms with Gasteiger partial charge in [-0.25, -0.2) is 0 Å². The van der Waals surface area contributed by atoms with Crippen molar-refractivity contribution in [2.24, 2.45) is 0 Å². The lowest BCUT2D eigenvalue weighted by Gasteiger charge is -2.26. The van der Waals surface area contributed by atoms with Gasteiger partial charge in [-0.3, -0.25) is 0 Å². The lowest BCUT2D eigenvalue weighted by Crippen LogP contribution is -2.09. The van der Waals surface area contributed by atoms with Crippen molar-refractivity contribution in [3.8, 4) is 27.9 Å². The van der Waals surface area contributed by atoms with Gasteiger partial charge in [0, 0.05) is 39.3 Å². The minimum absolute atomic E-state index is 0.00705. The molecular weight excluding hydrogens is 621 g/mol. The smallest absolute Gasteiger partial charge is 0.137 e. The van der Waals surface area contributed by atoms with Gasteiger partial charge >= 0.3 is 0 Å². The Morgan fingerprint density at radius 2 is 0.941 bits per heavy atom. The summed E-state index contributed by atoms with van der Waals surface area (Å²) in [6.07, 6.45) is 0. The maximum absolute atomic E-state index is 9.78. The second kappa shape index (κ2) is 11.9. The Balaban J connectivity index is 1.25. The van der Waals surface area contributed by atoms with E-state index < -0.39 is 0 Å². The third-order valence-electron chi connectivity index (χ3n) is 9.53. The monoisotopic (exact) mass is 658 g/mol. The summed E-state index contributed by atoms with van der Waals surface area (Å²) in [7, 11) is 0. The fraction of sp³-hybridized carbons (Fsp3) is 0. The molecule has 8 aromatic carbocycles. The Morgan fingerprint density at radius 3 is 1.51 bits per heavy atom. The molecule has 3 nitrogen and oxygen atoms in total. The zero-order chi connectivity index (χ0) is 38.9. The van der Waals surface area contributed by atoms with Gasteiger partial charge in [0.2, 0.25) is 0 Å². The number of benzene rings is 8. The summed E-state index contributed by atoms with van der Waals surface area (Å²) in [5, 5.41) is 2.30. The van der Waals surface area contributed by atoms with Gasteiger partial charge in [0.1, 0.15) is 11.2 Å². The molecule has 0 bridgehead atoms. The van der Waals surface area contributed by atoms with Crippen molar-refractivity contribution in [3.05, 3.63) is 194 Å². The minimum atomic E-state index is -0.332. The summed E-state index contributed by atoms with van der Waals surface area (Å²) >= 11 is 0. The first kappa shape index (κ1) is 23.5. The van der Waals surface area contributed by atoms with Crippen LogP contribution in [0.3, 0.4) is 0 Å². The first-order chi connectivity index (χ1) is 27.8. The van der Waals surface area contributed by atoms with E-state index in [1.54, 1.807) is 4.90 Å². The molecular formula is C48H32N2O. The molecule has 240 valence electrons. The van der Waals surface area contributed by atoms with Crippen LogP contribution in [0.2, 0.25) is 0 Å². The Labute approximate surface area is 304 Å². The molecule has 0 saturated carbocycles. The Kier molecular flexibility index (Phi) is 5.50. The highest BCUT2D eigenvalue weighted by Gasteiger charge is 2.20. The van der Waals surface area contributed by atoms with Gasteiger partial charge in [-0.15, -0.1) is 0 Å². The maximum atomic E-state index is 9.78. The summed E-state index contributed by atoms with van der Waals surface area (Å²) in [5.74, 6) is 0. The van der Waals surface area contributed by atoms with Gasteiger partial charge in [-0.1, -0.05) is 127 Å². The van der Waals surface area contributed by atoms with Crippen molar-refractivity contribution in [1.82, 2.24) is 4.57 Å². The molecule has 0 unspecified atom stereocenters. The van der Waals surface area contributed by atoms with E-state index in [1.807, 2.05) is 162 Å². The molecule has 0 N–H and O–H groups in total. The highest BCUT2D eigenvalue weighted by Crippen LogP contribution is 2.42. The number of anilines is 3. The second-order valence-electron chi connectivity index (χ2n) is 12.5. The molecule has 0 fully saturated rings. The van der Waals surface area contributed by atoms with Crippen LogP contribution in [-0.2, 0) is 0 Å². The maximum Gasteiger partial charge on any atom is 0.137 e. The van der Waals surface area contributed by atoms with Crippen molar-refractivity contribution in [3.63, 3.8) is 0 Å². The number of aromatic nitrogens is 1. The normalized spacial score (nSPS) is 13.2. The Bertz CT molecular complexity index is 3040. The first-order valence-electron chi connectivity index (χ1n) is 19.9. The number of rotatable bonds is 6. The van der Waals surface area contributed by atoms with Gasteiger partial charge in [0.05, 0.1) is 30.3 Å². The Morgan fingerprint density at radius 1 is 0.431 bits per heavy atom. The summed E-state index contributed by atoms with van der Waals surface area (Å²) in [4.78, 5) is 1.81. The van der Waals surface area contributed by atoms with Crippen LogP contribution in [0.5, 0.6) is 0 Å². The number of fused-ring (bicyclic) bond motifs is 6. The van der Waals surface area contributed by atoms with E-state index in [0.717, 1.165) is 44.1 Å². The zero-order valence-corrected chi connectivity index (χ0v) is 27.3. The molecule has 10 rings (SSSR count). The van der Waals surface area contributed by atoms with E-state index in [1.165, 1.54) is 0 Å². The van der Waals surface area contributed by atoms with Crippen molar-refractivity contribution in [1.29, 1.82) is 0 Å². The molecule has 0 aliphatic carbocycles. The molecule has 0 aliphatic heterocycles. The van der Waals surface area contributed by atoms with Crippen LogP contribution in [0.1, 0.15) is 8.22 Å². The van der Waals surface area contributed by atoms with Crippen LogP contribution in [0, 0.1) is 0 Å². The second-order valence-corrected chi connectivity index (χ2v) is 12.5. The molecule has 0 amide bonds. The predicted molar refractivity (Wildman–Crippen MR) is 214 cm³/mol. The van der Waals surface area contributed by atoms with Gasteiger partial charge in [0.15, 0.2) is 0 Å². The van der Waals surface area contributed by atoms with Crippen LogP contribution >= 0.6 is 0 Å². The number of hydrogen-bond acceptors (Lipinski definition) is 2. The summed E-state index contributed by atoms with van der Waals surface area (Å²) < 4.78 is 64.6. The summed E-state index contributed by atoms with van der Waals surface area (Å²) in [6, 6.07) is 50.0. The molecule has 2 heterocycles. The van der Waals surface area contributed by atoms with Crippen molar-refractivity contribution in [2.75, 3.05) is 4.90 Å². The average Bonchev–Trinajstić information content (AvgIpc) is 3.82. The number of para-hydroxylation sites is 2. The molecule has 0 atom stereocenters. The van der Waals surface area contributed by atoms with Crippen LogP contribution in [-0.4, -0.2) is 4.57 Å². The average molecular weight is 659 g/mol. The van der Waals surface area contributed by atoms with Crippen LogP contribution in [0.25, 0.3) is 71.7 Å². The van der Waals surface area contributed by atoms with Crippen LogP contribution < -0.4 is 4.90 Å². The molecule has 2 aromatic heterocycles. The van der Waals surface area contributed by atoms with E-state index >= 15 is 0 Å². The fourth-order valence-corrected chi connectivity index (χ4v) is 7.14. The molecule has 0 aliphatic rings. The molecule has 0 radical (unpaired) electrons. The number of furan rings is 1. The lowest BCUT2D eigenvalue weighted by atomic mass is 10.0. The number of nitrogens with zero attached hydrogens (tertiary/aromatic N) is 2. The summed E-state index contributed by atoms with van der Waals surface area (Å²) in [6.45, 7) is 0. The molecule has 51 heavy (non-hydrogen) atoms. The molecule has 10 aromatic rings. The quantitative estimate of drug-likeness (QED) is 0.177. The van der Waals surface area contributed by atoms with Gasteiger partial charge in [-0.05, 0) is 82.8 Å². The van der Waals surface area contributed by atoms with E-state index in [-0.39, 0.29) is 69.6 Å². The third kappa shape index (κ3) is 4.90. The van der Waals surface area contributed by atoms with E-state index in [4.69, 9.17) is 7.16 Å². The largest absolute Gasteiger partial charge is 0.456 e. The molecule has 3 heteroatoms. The SMILES string of the molecule is [2H]c1c([2H])c(-n2c3ccccc3c3ccccc32)c2c(oc3c([2H])c(N(c4ccc(-c5ccccc5)cc4)c4ccc(-c5ccccc5)cc4)c([2H])c([2H])c32)c1[2H]. The topological polar surface area (TPSA) is 21.3 Å². The highest BCUT2D eigenvalue weighted by atomic mass is 16.3. The molecule has 0 saturated heterocycles. The minimum Gasteiger partial charge on any atom is -0.456 e. The Hall–Kier alpha value is -6.84. The van der Waals surface area contributed by atoms with Gasteiger partial charge < -0.3 is 13.9 Å². The summed E-state index contributed by atoms with van der Waals surface area (Å²) in [5.41, 5.74) is 7.42. The van der Waals surface area contributed by atoms with Gasteiger partial charge in [0.25, 0.3) is 0 Å². The fourth-order valence-electron chi connectivity index (χ4n) is 7.14. The van der Waals surface area contributed by atoms with Crippen molar-refractivity contribution in [2.45, 2.75) is 0 Å². The predicted octanol–water partition coefficient (Wildman–Crippen LogP) is 13.5. The van der Waals surface area contributed by atoms with Crippen molar-refractivity contribution < 1.29 is 12.6 Å². The van der Waals surface area contributed by atoms with Gasteiger partial charge in [-0.2, -0.15) is 0 Å². The van der Waals surface area contributed by atoms with E-state index in [2.05, 4.69) is 0 Å². The van der Waals surface area contributed by atoms with E-state index in [9.17, 15) is 5.48 Å². The van der Waals surface area contributed by atoms with Crippen LogP contribution in [0.4, 0.5) is 17.1 Å². The highest BCUT2D eigenvalue weighted by molar-refractivity contribution is 6.14. The molecule has 0 spiro atoms. The zero-order valence-electron chi connectivity index (χ0n) is 33.3.